The van der Waals surface area contributed by atoms with Crippen molar-refractivity contribution < 1.29 is 26.8 Å². The van der Waals surface area contributed by atoms with Crippen LogP contribution in [0.2, 0.25) is 0 Å². The van der Waals surface area contributed by atoms with E-state index in [4.69, 9.17) is 19.2 Å². The van der Waals surface area contributed by atoms with Crippen molar-refractivity contribution >= 4 is 9.69 Å². The summed E-state index contributed by atoms with van der Waals surface area (Å²) >= 11 is 0.847. The molecule has 0 atom stereocenters. The average Bonchev–Trinajstić information content (AvgIpc) is 2.21. The Bertz CT molecular complexity index is 199. The van der Waals surface area contributed by atoms with Gasteiger partial charge in [0.2, 0.25) is 0 Å². The number of halogens is 1. The SMILES string of the molecule is COc1c[c-]cc(OC)c1.[Cl][Zn+]. The summed E-state index contributed by atoms with van der Waals surface area (Å²) in [6.45, 7) is 0. The number of rotatable bonds is 2. The fourth-order valence-corrected chi connectivity index (χ4v) is 0.665. The van der Waals surface area contributed by atoms with E-state index in [1.54, 1.807) is 32.4 Å². The molecule has 0 radical (unpaired) electrons. The van der Waals surface area contributed by atoms with E-state index in [2.05, 4.69) is 6.07 Å². The Morgan fingerprint density at radius 3 is 1.92 bits per heavy atom. The number of methoxy groups -OCH3 is 2. The van der Waals surface area contributed by atoms with E-state index >= 15 is 0 Å². The molecule has 1 aromatic carbocycles. The van der Waals surface area contributed by atoms with Gasteiger partial charge in [-0.05, 0) is 0 Å². The van der Waals surface area contributed by atoms with E-state index < -0.39 is 0 Å². The van der Waals surface area contributed by atoms with Gasteiger partial charge in [0.1, 0.15) is 0 Å². The molecule has 0 fully saturated rings. The molecule has 0 bridgehead atoms. The summed E-state index contributed by atoms with van der Waals surface area (Å²) in [7, 11) is 7.99. The molecule has 62 valence electrons. The molecule has 0 aliphatic heterocycles. The van der Waals surface area contributed by atoms with Gasteiger partial charge in [0.25, 0.3) is 0 Å². The molecule has 2 nitrogen and oxygen atoms in total. The monoisotopic (exact) mass is 236 g/mol. The third kappa shape index (κ3) is 3.94. The van der Waals surface area contributed by atoms with Gasteiger partial charge < -0.3 is 9.47 Å². The van der Waals surface area contributed by atoms with Crippen molar-refractivity contribution in [3.63, 3.8) is 0 Å². The Hall–Kier alpha value is -0.267. The van der Waals surface area contributed by atoms with E-state index in [1.165, 1.54) is 0 Å². The first-order valence-electron chi connectivity index (χ1n) is 3.22. The second-order valence-electron chi connectivity index (χ2n) is 1.81. The standard InChI is InChI=1S/C8H9O2.ClH.Zn/c1-9-7-4-3-5-8(6-7)10-2;;/h4-6H,1-2H3;1H;/q-1;;+2/p-1. The van der Waals surface area contributed by atoms with Crippen LogP contribution >= 0.6 is 9.69 Å². The van der Waals surface area contributed by atoms with E-state index in [0.717, 1.165) is 28.8 Å². The molecular formula is C8H9ClO2Zn. The topological polar surface area (TPSA) is 18.5 Å². The number of hydrogen-bond donors (Lipinski definition) is 0. The van der Waals surface area contributed by atoms with Gasteiger partial charge in [-0.25, -0.2) is 0 Å². The van der Waals surface area contributed by atoms with Crippen molar-refractivity contribution in [1.82, 2.24) is 0 Å². The first-order valence-corrected chi connectivity index (χ1v) is 7.12. The van der Waals surface area contributed by atoms with Gasteiger partial charge >= 0.3 is 27.0 Å². The maximum atomic E-state index is 4.95. The van der Waals surface area contributed by atoms with Crippen LogP contribution in [-0.4, -0.2) is 14.2 Å². The predicted octanol–water partition coefficient (Wildman–Crippen LogP) is 2.19. The summed E-state index contributed by atoms with van der Waals surface area (Å²) in [4.78, 5) is 0. The van der Waals surface area contributed by atoms with Crippen molar-refractivity contribution in [2.75, 3.05) is 14.2 Å². The first kappa shape index (κ1) is 11.7. The van der Waals surface area contributed by atoms with Gasteiger partial charge in [-0.3, -0.25) is 0 Å². The molecule has 4 heteroatoms. The molecule has 1 aromatic rings. The van der Waals surface area contributed by atoms with Gasteiger partial charge in [-0.15, -0.1) is 12.1 Å². The minimum atomic E-state index is 0.763. The molecule has 0 aromatic heterocycles. The molecule has 0 spiro atoms. The Morgan fingerprint density at radius 2 is 1.58 bits per heavy atom. The van der Waals surface area contributed by atoms with Crippen molar-refractivity contribution in [3.05, 3.63) is 24.3 Å². The zero-order valence-corrected chi connectivity index (χ0v) is 10.9. The third-order valence-electron chi connectivity index (χ3n) is 1.21. The predicted molar refractivity (Wildman–Crippen MR) is 44.2 cm³/mol. The molecular weight excluding hydrogens is 229 g/mol. The summed E-state index contributed by atoms with van der Waals surface area (Å²) in [6, 6.07) is 8.19. The zero-order chi connectivity index (χ0) is 9.40. The summed E-state index contributed by atoms with van der Waals surface area (Å²) in [5.74, 6) is 1.53. The fraction of sp³-hybridized carbons (Fsp3) is 0.250. The second kappa shape index (κ2) is 7.39. The summed E-state index contributed by atoms with van der Waals surface area (Å²) in [6.07, 6.45) is 0. The number of ether oxygens (including phenoxy) is 2. The molecule has 0 heterocycles. The molecule has 0 aliphatic carbocycles. The van der Waals surface area contributed by atoms with Crippen LogP contribution in [0.25, 0.3) is 0 Å². The Kier molecular flexibility index (Phi) is 7.22. The Labute approximate surface area is 86.5 Å². The van der Waals surface area contributed by atoms with E-state index in [-0.39, 0.29) is 0 Å². The molecule has 0 amide bonds. The second-order valence-corrected chi connectivity index (χ2v) is 1.81. The van der Waals surface area contributed by atoms with Gasteiger partial charge in [0.15, 0.2) is 0 Å². The number of hydrogen-bond acceptors (Lipinski definition) is 2. The zero-order valence-electron chi connectivity index (χ0n) is 7.13. The molecule has 1 rings (SSSR count). The van der Waals surface area contributed by atoms with Crippen LogP contribution in [0.5, 0.6) is 11.5 Å². The Morgan fingerprint density at radius 1 is 1.17 bits per heavy atom. The van der Waals surface area contributed by atoms with Crippen LogP contribution < -0.4 is 9.47 Å². The normalized spacial score (nSPS) is 8.08. The van der Waals surface area contributed by atoms with Crippen LogP contribution in [0.3, 0.4) is 0 Å². The summed E-state index contributed by atoms with van der Waals surface area (Å²) in [5, 5.41) is 0. The summed E-state index contributed by atoms with van der Waals surface area (Å²) < 4.78 is 9.89. The van der Waals surface area contributed by atoms with Crippen LogP contribution in [-0.2, 0) is 17.3 Å². The maximum absolute atomic E-state index is 4.95. The average molecular weight is 238 g/mol. The third-order valence-corrected chi connectivity index (χ3v) is 1.21. The molecule has 12 heavy (non-hydrogen) atoms. The van der Waals surface area contributed by atoms with Gasteiger partial charge in [0, 0.05) is 11.5 Å². The summed E-state index contributed by atoms with van der Waals surface area (Å²) in [5.41, 5.74) is 0. The van der Waals surface area contributed by atoms with Gasteiger partial charge in [0.05, 0.1) is 14.2 Å². The van der Waals surface area contributed by atoms with Crippen LogP contribution in [0.15, 0.2) is 18.2 Å². The number of benzene rings is 1. The van der Waals surface area contributed by atoms with E-state index in [9.17, 15) is 0 Å². The molecule has 0 saturated carbocycles. The van der Waals surface area contributed by atoms with Crippen LogP contribution in [0.4, 0.5) is 0 Å². The molecule has 0 unspecified atom stereocenters. The molecule has 0 saturated heterocycles. The van der Waals surface area contributed by atoms with Gasteiger partial charge in [-0.1, -0.05) is 6.07 Å². The molecule has 0 N–H and O–H groups in total. The van der Waals surface area contributed by atoms with Crippen LogP contribution in [0.1, 0.15) is 0 Å². The quantitative estimate of drug-likeness (QED) is 0.580. The van der Waals surface area contributed by atoms with E-state index in [1.807, 2.05) is 0 Å². The fourth-order valence-electron chi connectivity index (χ4n) is 0.665. The van der Waals surface area contributed by atoms with Crippen molar-refractivity contribution in [1.29, 1.82) is 0 Å². The van der Waals surface area contributed by atoms with Crippen LogP contribution in [0, 0.1) is 6.07 Å². The van der Waals surface area contributed by atoms with Crippen molar-refractivity contribution in [3.8, 4) is 11.5 Å². The molecule has 0 aliphatic rings. The first-order chi connectivity index (χ1) is 5.86. The van der Waals surface area contributed by atoms with Crippen molar-refractivity contribution in [2.24, 2.45) is 0 Å². The van der Waals surface area contributed by atoms with E-state index in [0.29, 0.717) is 0 Å². The minimum absolute atomic E-state index is 0.763. The van der Waals surface area contributed by atoms with Crippen molar-refractivity contribution in [2.45, 2.75) is 0 Å². The van der Waals surface area contributed by atoms with Gasteiger partial charge in [-0.2, -0.15) is 6.07 Å². The Balaban J connectivity index is 0.000000561.